The highest BCUT2D eigenvalue weighted by Gasteiger charge is 2.20. The highest BCUT2D eigenvalue weighted by atomic mass is 16.5. The lowest BCUT2D eigenvalue weighted by atomic mass is 10.1. The molecule has 0 saturated carbocycles. The van der Waals surface area contributed by atoms with Crippen LogP contribution in [0.1, 0.15) is 51.8 Å². The van der Waals surface area contributed by atoms with Crippen molar-refractivity contribution in [1.29, 1.82) is 0 Å². The van der Waals surface area contributed by atoms with Gasteiger partial charge in [0.25, 0.3) is 5.91 Å². The van der Waals surface area contributed by atoms with Crippen LogP contribution in [0.4, 0.5) is 0 Å². The molecule has 0 bridgehead atoms. The lowest BCUT2D eigenvalue weighted by Gasteiger charge is -2.15. The number of benzene rings is 1. The second-order valence-electron chi connectivity index (χ2n) is 6.70. The molecule has 134 valence electrons. The van der Waals surface area contributed by atoms with Crippen LogP contribution in [0.2, 0.25) is 0 Å². The van der Waals surface area contributed by atoms with E-state index in [0.29, 0.717) is 18.7 Å². The van der Waals surface area contributed by atoms with Crippen molar-refractivity contribution in [2.24, 2.45) is 0 Å². The van der Waals surface area contributed by atoms with Gasteiger partial charge in [-0.3, -0.25) is 9.48 Å². The standard InChI is InChI=1S/C20H27N3O2/c1-4-10-23-19-8-11-25-13-17(19)18(22-23)7-9-21-20(24)16-6-5-14(2)15(3)12-16/h5-6,12H,4,7-11,13H2,1-3H3,(H,21,24). The first-order valence-electron chi connectivity index (χ1n) is 9.10. The monoisotopic (exact) mass is 341 g/mol. The smallest absolute Gasteiger partial charge is 0.251 e. The van der Waals surface area contributed by atoms with E-state index in [2.05, 4.69) is 23.8 Å². The van der Waals surface area contributed by atoms with E-state index in [9.17, 15) is 4.79 Å². The van der Waals surface area contributed by atoms with Gasteiger partial charge in [-0.2, -0.15) is 5.10 Å². The molecule has 3 rings (SSSR count). The molecule has 5 nitrogen and oxygen atoms in total. The first-order valence-corrected chi connectivity index (χ1v) is 9.10. The van der Waals surface area contributed by atoms with Crippen molar-refractivity contribution in [2.45, 2.75) is 53.2 Å². The van der Waals surface area contributed by atoms with E-state index >= 15 is 0 Å². The molecule has 0 aliphatic carbocycles. The van der Waals surface area contributed by atoms with Crippen LogP contribution in [-0.2, 0) is 30.7 Å². The Hall–Kier alpha value is -2.14. The molecule has 2 heterocycles. The normalized spacial score (nSPS) is 13.6. The minimum absolute atomic E-state index is 0.0267. The fourth-order valence-corrected chi connectivity index (χ4v) is 3.26. The molecule has 1 aliphatic heterocycles. The molecule has 0 atom stereocenters. The van der Waals surface area contributed by atoms with Crippen molar-refractivity contribution >= 4 is 5.91 Å². The number of carbonyl (C=O) groups excluding carboxylic acids is 1. The molecule has 1 N–H and O–H groups in total. The van der Waals surface area contributed by atoms with Crippen molar-refractivity contribution < 1.29 is 9.53 Å². The quantitative estimate of drug-likeness (QED) is 0.879. The molecule has 0 spiro atoms. The highest BCUT2D eigenvalue weighted by molar-refractivity contribution is 5.94. The summed E-state index contributed by atoms with van der Waals surface area (Å²) in [6.45, 7) is 9.17. The molecular formula is C20H27N3O2. The van der Waals surface area contributed by atoms with Crippen LogP contribution in [0.3, 0.4) is 0 Å². The fourth-order valence-electron chi connectivity index (χ4n) is 3.26. The number of amides is 1. The maximum absolute atomic E-state index is 12.3. The van der Waals surface area contributed by atoms with Gasteiger partial charge in [0, 0.05) is 42.8 Å². The van der Waals surface area contributed by atoms with Gasteiger partial charge in [0.05, 0.1) is 18.9 Å². The lowest BCUT2D eigenvalue weighted by Crippen LogP contribution is -2.26. The van der Waals surface area contributed by atoms with Gasteiger partial charge in [0.2, 0.25) is 0 Å². The SMILES string of the molecule is CCCn1nc(CCNC(=O)c2ccc(C)c(C)c2)c2c1CCOC2. The van der Waals surface area contributed by atoms with Crippen molar-refractivity contribution in [1.82, 2.24) is 15.1 Å². The number of carbonyl (C=O) groups is 1. The summed E-state index contributed by atoms with van der Waals surface area (Å²) < 4.78 is 7.73. The number of rotatable bonds is 6. The molecule has 1 amide bonds. The van der Waals surface area contributed by atoms with E-state index in [4.69, 9.17) is 9.84 Å². The number of hydrogen-bond donors (Lipinski definition) is 1. The first kappa shape index (κ1) is 17.7. The zero-order valence-corrected chi connectivity index (χ0v) is 15.4. The molecule has 5 heteroatoms. The Kier molecular flexibility index (Phi) is 5.53. The summed E-state index contributed by atoms with van der Waals surface area (Å²) in [6, 6.07) is 5.81. The molecular weight excluding hydrogens is 314 g/mol. The van der Waals surface area contributed by atoms with Crippen LogP contribution in [0, 0.1) is 13.8 Å². The van der Waals surface area contributed by atoms with E-state index in [1.807, 2.05) is 25.1 Å². The van der Waals surface area contributed by atoms with Gasteiger partial charge in [0.15, 0.2) is 0 Å². The number of nitrogens with zero attached hydrogens (tertiary/aromatic N) is 2. The van der Waals surface area contributed by atoms with Crippen LogP contribution in [-0.4, -0.2) is 28.8 Å². The Labute approximate surface area is 149 Å². The molecule has 0 radical (unpaired) electrons. The Morgan fingerprint density at radius 2 is 2.16 bits per heavy atom. The van der Waals surface area contributed by atoms with Crippen molar-refractivity contribution in [3.63, 3.8) is 0 Å². The van der Waals surface area contributed by atoms with Crippen LogP contribution < -0.4 is 5.32 Å². The summed E-state index contributed by atoms with van der Waals surface area (Å²) in [6.07, 6.45) is 2.73. The highest BCUT2D eigenvalue weighted by Crippen LogP contribution is 2.21. The average Bonchev–Trinajstić information content (AvgIpc) is 2.96. The molecule has 2 aromatic rings. The predicted octanol–water partition coefficient (Wildman–Crippen LogP) is 2.96. The Balaban J connectivity index is 1.63. The number of hydrogen-bond acceptors (Lipinski definition) is 3. The van der Waals surface area contributed by atoms with E-state index in [0.717, 1.165) is 43.7 Å². The van der Waals surface area contributed by atoms with Crippen molar-refractivity contribution in [3.05, 3.63) is 51.8 Å². The molecule has 1 aromatic carbocycles. The van der Waals surface area contributed by atoms with E-state index in [-0.39, 0.29) is 5.91 Å². The fraction of sp³-hybridized carbons (Fsp3) is 0.500. The summed E-state index contributed by atoms with van der Waals surface area (Å²) >= 11 is 0. The minimum atomic E-state index is -0.0267. The summed E-state index contributed by atoms with van der Waals surface area (Å²) in [7, 11) is 0. The topological polar surface area (TPSA) is 56.2 Å². The maximum Gasteiger partial charge on any atom is 0.251 e. The number of aromatic nitrogens is 2. The average molecular weight is 341 g/mol. The van der Waals surface area contributed by atoms with Crippen molar-refractivity contribution in [3.8, 4) is 0 Å². The Morgan fingerprint density at radius 3 is 2.92 bits per heavy atom. The van der Waals surface area contributed by atoms with Crippen LogP contribution in [0.5, 0.6) is 0 Å². The van der Waals surface area contributed by atoms with Gasteiger partial charge in [-0.1, -0.05) is 13.0 Å². The molecule has 0 unspecified atom stereocenters. The Bertz CT molecular complexity index is 765. The molecule has 1 aromatic heterocycles. The van der Waals surface area contributed by atoms with Crippen LogP contribution in [0.15, 0.2) is 18.2 Å². The van der Waals surface area contributed by atoms with Crippen LogP contribution in [0.25, 0.3) is 0 Å². The summed E-state index contributed by atoms with van der Waals surface area (Å²) in [5, 5.41) is 7.78. The van der Waals surface area contributed by atoms with E-state index < -0.39 is 0 Å². The van der Waals surface area contributed by atoms with Gasteiger partial charge in [-0.15, -0.1) is 0 Å². The predicted molar refractivity (Wildman–Crippen MR) is 97.8 cm³/mol. The third-order valence-electron chi connectivity index (χ3n) is 4.83. The number of aryl methyl sites for hydroxylation is 3. The largest absolute Gasteiger partial charge is 0.376 e. The summed E-state index contributed by atoms with van der Waals surface area (Å²) in [5.41, 5.74) is 6.64. The zero-order valence-electron chi connectivity index (χ0n) is 15.4. The lowest BCUT2D eigenvalue weighted by molar-refractivity contribution is 0.0953. The minimum Gasteiger partial charge on any atom is -0.376 e. The van der Waals surface area contributed by atoms with Gasteiger partial charge < -0.3 is 10.1 Å². The second-order valence-corrected chi connectivity index (χ2v) is 6.70. The van der Waals surface area contributed by atoms with Gasteiger partial charge in [0.1, 0.15) is 0 Å². The number of fused-ring (bicyclic) bond motifs is 1. The van der Waals surface area contributed by atoms with Gasteiger partial charge >= 0.3 is 0 Å². The third kappa shape index (κ3) is 3.93. The van der Waals surface area contributed by atoms with Crippen molar-refractivity contribution in [2.75, 3.05) is 13.2 Å². The van der Waals surface area contributed by atoms with Gasteiger partial charge in [-0.25, -0.2) is 0 Å². The zero-order chi connectivity index (χ0) is 17.8. The summed E-state index contributed by atoms with van der Waals surface area (Å²) in [4.78, 5) is 12.3. The maximum atomic E-state index is 12.3. The van der Waals surface area contributed by atoms with Crippen LogP contribution >= 0.6 is 0 Å². The van der Waals surface area contributed by atoms with Gasteiger partial charge in [-0.05, 0) is 43.5 Å². The molecule has 25 heavy (non-hydrogen) atoms. The Morgan fingerprint density at radius 1 is 1.32 bits per heavy atom. The second kappa shape index (κ2) is 7.83. The van der Waals surface area contributed by atoms with E-state index in [1.165, 1.54) is 16.8 Å². The first-order chi connectivity index (χ1) is 12.1. The molecule has 0 fully saturated rings. The number of nitrogens with one attached hydrogen (secondary N) is 1. The molecule has 1 aliphatic rings. The van der Waals surface area contributed by atoms with E-state index in [1.54, 1.807) is 0 Å². The number of ether oxygens (including phenoxy) is 1. The summed E-state index contributed by atoms with van der Waals surface area (Å²) in [5.74, 6) is -0.0267. The molecule has 0 saturated heterocycles. The third-order valence-corrected chi connectivity index (χ3v) is 4.83.